The number of alkyl halides is 3. The van der Waals surface area contributed by atoms with E-state index in [9.17, 15) is 13.2 Å². The van der Waals surface area contributed by atoms with Gasteiger partial charge in [0.1, 0.15) is 0 Å². The van der Waals surface area contributed by atoms with Gasteiger partial charge in [0.15, 0.2) is 5.11 Å². The van der Waals surface area contributed by atoms with Crippen molar-refractivity contribution in [3.63, 3.8) is 0 Å². The van der Waals surface area contributed by atoms with Gasteiger partial charge >= 0.3 is 6.18 Å². The molecule has 0 unspecified atom stereocenters. The highest BCUT2D eigenvalue weighted by atomic mass is 35.5. The number of halogens is 4. The fourth-order valence-corrected chi connectivity index (χ4v) is 3.52. The van der Waals surface area contributed by atoms with Crippen LogP contribution in [0.3, 0.4) is 0 Å². The Kier molecular flexibility index (Phi) is 5.81. The SMILES string of the molecule is Cc1ccc(Cl)cc1N1CCN(C(=S)Nc2cccc(C(F)(F)F)c2)CC1. The molecule has 0 aromatic heterocycles. The number of nitrogens with zero attached hydrogens (tertiary/aromatic N) is 2. The van der Waals surface area contributed by atoms with Crippen LogP contribution in [0.4, 0.5) is 24.5 Å². The quantitative estimate of drug-likeness (QED) is 0.683. The van der Waals surface area contributed by atoms with Gasteiger partial charge in [0.2, 0.25) is 0 Å². The monoisotopic (exact) mass is 413 g/mol. The number of benzene rings is 2. The zero-order valence-electron chi connectivity index (χ0n) is 14.7. The Morgan fingerprint density at radius 1 is 1.07 bits per heavy atom. The zero-order valence-corrected chi connectivity index (χ0v) is 16.3. The van der Waals surface area contributed by atoms with Gasteiger partial charge in [-0.2, -0.15) is 13.2 Å². The van der Waals surface area contributed by atoms with Crippen molar-refractivity contribution in [1.29, 1.82) is 0 Å². The first kappa shape index (κ1) is 19.8. The van der Waals surface area contributed by atoms with Crippen LogP contribution in [-0.4, -0.2) is 36.2 Å². The van der Waals surface area contributed by atoms with Crippen LogP contribution in [0, 0.1) is 6.92 Å². The Hall–Kier alpha value is -1.99. The molecule has 8 heteroatoms. The highest BCUT2D eigenvalue weighted by Crippen LogP contribution is 2.31. The summed E-state index contributed by atoms with van der Waals surface area (Å²) in [5, 5.41) is 4.04. The van der Waals surface area contributed by atoms with E-state index in [1.165, 1.54) is 6.07 Å². The molecule has 3 nitrogen and oxygen atoms in total. The number of anilines is 2. The molecule has 0 atom stereocenters. The van der Waals surface area contributed by atoms with E-state index < -0.39 is 11.7 Å². The molecule has 0 amide bonds. The number of hydrogen-bond donors (Lipinski definition) is 1. The number of thiocarbonyl (C=S) groups is 1. The van der Waals surface area contributed by atoms with Crippen LogP contribution in [0.25, 0.3) is 0 Å². The van der Waals surface area contributed by atoms with E-state index in [2.05, 4.69) is 10.2 Å². The van der Waals surface area contributed by atoms with E-state index >= 15 is 0 Å². The molecule has 2 aromatic carbocycles. The molecule has 27 heavy (non-hydrogen) atoms. The van der Waals surface area contributed by atoms with E-state index in [0.29, 0.717) is 28.9 Å². The number of piperazine rings is 1. The summed E-state index contributed by atoms with van der Waals surface area (Å²) < 4.78 is 38.5. The topological polar surface area (TPSA) is 18.5 Å². The average Bonchev–Trinajstić information content (AvgIpc) is 2.63. The van der Waals surface area contributed by atoms with Crippen molar-refractivity contribution in [2.24, 2.45) is 0 Å². The fourth-order valence-electron chi connectivity index (χ4n) is 3.05. The zero-order chi connectivity index (χ0) is 19.6. The first-order valence-corrected chi connectivity index (χ1v) is 9.27. The molecule has 2 aromatic rings. The van der Waals surface area contributed by atoms with Crippen LogP contribution < -0.4 is 10.2 Å². The second kappa shape index (κ2) is 7.94. The maximum absolute atomic E-state index is 12.8. The second-order valence-corrected chi connectivity index (χ2v) is 7.24. The summed E-state index contributed by atoms with van der Waals surface area (Å²) in [5.41, 5.74) is 1.89. The van der Waals surface area contributed by atoms with E-state index in [4.69, 9.17) is 23.8 Å². The van der Waals surface area contributed by atoms with Gasteiger partial charge in [0.25, 0.3) is 0 Å². The van der Waals surface area contributed by atoms with Crippen LogP contribution in [0.15, 0.2) is 42.5 Å². The Morgan fingerprint density at radius 3 is 2.44 bits per heavy atom. The molecule has 1 aliphatic heterocycles. The predicted molar refractivity (Wildman–Crippen MR) is 108 cm³/mol. The lowest BCUT2D eigenvalue weighted by molar-refractivity contribution is -0.137. The lowest BCUT2D eigenvalue weighted by Gasteiger charge is -2.38. The van der Waals surface area contributed by atoms with E-state index in [1.807, 2.05) is 30.0 Å². The largest absolute Gasteiger partial charge is 0.416 e. The molecule has 1 aliphatic rings. The minimum Gasteiger partial charge on any atom is -0.368 e. The van der Waals surface area contributed by atoms with Crippen molar-refractivity contribution in [3.05, 3.63) is 58.6 Å². The van der Waals surface area contributed by atoms with Crippen molar-refractivity contribution in [1.82, 2.24) is 4.90 Å². The Labute approximate surface area is 166 Å². The van der Waals surface area contributed by atoms with Crippen LogP contribution in [-0.2, 0) is 6.18 Å². The van der Waals surface area contributed by atoms with Crippen LogP contribution in [0.2, 0.25) is 5.02 Å². The summed E-state index contributed by atoms with van der Waals surface area (Å²) in [4.78, 5) is 4.20. The number of nitrogens with one attached hydrogen (secondary N) is 1. The predicted octanol–water partition coefficient (Wildman–Crippen LogP) is 5.19. The van der Waals surface area contributed by atoms with Gasteiger partial charge in [-0.3, -0.25) is 0 Å². The summed E-state index contributed by atoms with van der Waals surface area (Å²) in [6.45, 7) is 4.91. The Balaban J connectivity index is 1.61. The van der Waals surface area contributed by atoms with E-state index in [-0.39, 0.29) is 0 Å². The number of aryl methyl sites for hydroxylation is 1. The molecule has 144 valence electrons. The van der Waals surface area contributed by atoms with Crippen LogP contribution in [0.5, 0.6) is 0 Å². The summed E-state index contributed by atoms with van der Waals surface area (Å²) in [6.07, 6.45) is -4.38. The average molecular weight is 414 g/mol. The molecular formula is C19H19ClF3N3S. The van der Waals surface area contributed by atoms with E-state index in [0.717, 1.165) is 36.5 Å². The maximum atomic E-state index is 12.8. The molecule has 1 saturated heterocycles. The van der Waals surface area contributed by atoms with Crippen molar-refractivity contribution in [2.75, 3.05) is 36.4 Å². The normalized spacial score (nSPS) is 15.0. The van der Waals surface area contributed by atoms with Gasteiger partial charge in [-0.1, -0.05) is 23.7 Å². The van der Waals surface area contributed by atoms with Gasteiger partial charge in [-0.25, -0.2) is 0 Å². The molecule has 3 rings (SSSR count). The van der Waals surface area contributed by atoms with Crippen LogP contribution >= 0.6 is 23.8 Å². The van der Waals surface area contributed by atoms with Crippen molar-refractivity contribution < 1.29 is 13.2 Å². The van der Waals surface area contributed by atoms with Crippen molar-refractivity contribution in [3.8, 4) is 0 Å². The van der Waals surface area contributed by atoms with Crippen molar-refractivity contribution in [2.45, 2.75) is 13.1 Å². The molecule has 1 heterocycles. The van der Waals surface area contributed by atoms with E-state index in [1.54, 1.807) is 6.07 Å². The summed E-state index contributed by atoms with van der Waals surface area (Å²) in [5.74, 6) is 0. The standard InChI is InChI=1S/C19H19ClF3N3S/c1-13-5-6-15(20)12-17(13)25-7-9-26(10-8-25)18(27)24-16-4-2-3-14(11-16)19(21,22)23/h2-6,11-12H,7-10H2,1H3,(H,24,27). The molecular weight excluding hydrogens is 395 g/mol. The molecule has 1 N–H and O–H groups in total. The van der Waals surface area contributed by atoms with Crippen LogP contribution in [0.1, 0.15) is 11.1 Å². The first-order valence-electron chi connectivity index (χ1n) is 8.48. The van der Waals surface area contributed by atoms with Gasteiger partial charge in [0, 0.05) is 42.6 Å². The lowest BCUT2D eigenvalue weighted by atomic mass is 10.1. The van der Waals surface area contributed by atoms with Crippen molar-refractivity contribution >= 4 is 40.3 Å². The third kappa shape index (κ3) is 4.84. The lowest BCUT2D eigenvalue weighted by Crippen LogP contribution is -2.50. The fraction of sp³-hybridized carbons (Fsp3) is 0.316. The minimum absolute atomic E-state index is 0.336. The third-order valence-corrected chi connectivity index (χ3v) is 5.12. The molecule has 0 saturated carbocycles. The number of rotatable bonds is 2. The minimum atomic E-state index is -4.38. The maximum Gasteiger partial charge on any atom is 0.416 e. The summed E-state index contributed by atoms with van der Waals surface area (Å²) >= 11 is 11.5. The molecule has 0 aliphatic carbocycles. The Morgan fingerprint density at radius 2 is 1.78 bits per heavy atom. The molecule has 0 radical (unpaired) electrons. The second-order valence-electron chi connectivity index (χ2n) is 6.41. The highest BCUT2D eigenvalue weighted by Gasteiger charge is 2.30. The number of hydrogen-bond acceptors (Lipinski definition) is 2. The molecule has 0 spiro atoms. The smallest absolute Gasteiger partial charge is 0.368 e. The first-order chi connectivity index (χ1) is 12.7. The molecule has 1 fully saturated rings. The highest BCUT2D eigenvalue weighted by molar-refractivity contribution is 7.80. The van der Waals surface area contributed by atoms with Gasteiger partial charge < -0.3 is 15.1 Å². The summed E-state index contributed by atoms with van der Waals surface area (Å²) in [6, 6.07) is 10.9. The molecule has 0 bridgehead atoms. The van der Waals surface area contributed by atoms with Gasteiger partial charge in [0.05, 0.1) is 5.56 Å². The third-order valence-electron chi connectivity index (χ3n) is 4.52. The van der Waals surface area contributed by atoms with Gasteiger partial charge in [-0.15, -0.1) is 0 Å². The summed E-state index contributed by atoms with van der Waals surface area (Å²) in [7, 11) is 0. The Bertz CT molecular complexity index is 833. The van der Waals surface area contributed by atoms with Gasteiger partial charge in [-0.05, 0) is 55.0 Å².